The second-order valence-electron chi connectivity index (χ2n) is 4.33. The lowest BCUT2D eigenvalue weighted by Crippen LogP contribution is -2.31. The molecule has 0 saturated carbocycles. The molecule has 2 aromatic rings. The summed E-state index contributed by atoms with van der Waals surface area (Å²) in [6, 6.07) is 12.4. The van der Waals surface area contributed by atoms with Crippen LogP contribution in [0, 0.1) is 11.3 Å². The Morgan fingerprint density at radius 2 is 2.05 bits per heavy atom. The molecule has 0 aliphatic rings. The minimum absolute atomic E-state index is 0.232. The summed E-state index contributed by atoms with van der Waals surface area (Å²) in [5.74, 6) is -0.241. The zero-order valence-corrected chi connectivity index (χ0v) is 12.2. The molecule has 0 N–H and O–H groups in total. The van der Waals surface area contributed by atoms with Crippen LogP contribution < -0.4 is 0 Å². The highest BCUT2D eigenvalue weighted by Gasteiger charge is 2.17. The Bertz CT molecular complexity index is 679. The lowest BCUT2D eigenvalue weighted by Gasteiger charge is -2.20. The quantitative estimate of drug-likeness (QED) is 0.870. The number of rotatable bonds is 4. The molecule has 0 fully saturated rings. The zero-order chi connectivity index (χ0) is 15.2. The number of hydrogen-bond donors (Lipinski definition) is 0. The van der Waals surface area contributed by atoms with Crippen LogP contribution in [0.15, 0.2) is 36.4 Å². The van der Waals surface area contributed by atoms with Crippen LogP contribution in [0.25, 0.3) is 0 Å². The Kier molecular flexibility index (Phi) is 4.85. The predicted molar refractivity (Wildman–Crippen MR) is 78.6 cm³/mol. The van der Waals surface area contributed by atoms with Gasteiger partial charge in [0.1, 0.15) is 0 Å². The average Bonchev–Trinajstić information content (AvgIpc) is 2.53. The number of benzene rings is 1. The predicted octanol–water partition coefficient (Wildman–Crippen LogP) is 2.66. The van der Waals surface area contributed by atoms with Crippen molar-refractivity contribution in [3.05, 3.63) is 58.4 Å². The first-order valence-electron chi connectivity index (χ1n) is 6.42. The van der Waals surface area contributed by atoms with Crippen molar-refractivity contribution in [3.63, 3.8) is 0 Å². The molecule has 21 heavy (non-hydrogen) atoms. The number of carbonyl (C=O) groups is 1. The molecule has 1 aromatic heterocycles. The summed E-state index contributed by atoms with van der Waals surface area (Å²) in [5.41, 5.74) is 1.60. The summed E-state index contributed by atoms with van der Waals surface area (Å²) in [5, 5.41) is 16.8. The number of nitrogens with zero attached hydrogens (tertiary/aromatic N) is 4. The minimum atomic E-state index is -0.241. The van der Waals surface area contributed by atoms with Crippen LogP contribution in [0.3, 0.4) is 0 Å². The number of carbonyl (C=O) groups excluding carboxylic acids is 1. The van der Waals surface area contributed by atoms with Crippen LogP contribution >= 0.6 is 11.6 Å². The van der Waals surface area contributed by atoms with Crippen molar-refractivity contribution in [3.8, 4) is 6.07 Å². The van der Waals surface area contributed by atoms with Gasteiger partial charge in [-0.1, -0.05) is 29.8 Å². The molecule has 2 rings (SSSR count). The van der Waals surface area contributed by atoms with Crippen molar-refractivity contribution < 1.29 is 4.79 Å². The maximum absolute atomic E-state index is 12.4. The van der Waals surface area contributed by atoms with E-state index in [1.54, 1.807) is 17.0 Å². The van der Waals surface area contributed by atoms with Gasteiger partial charge in [-0.25, -0.2) is 0 Å². The van der Waals surface area contributed by atoms with Gasteiger partial charge >= 0.3 is 0 Å². The molecule has 1 aromatic carbocycles. The van der Waals surface area contributed by atoms with E-state index in [1.807, 2.05) is 19.1 Å². The SMILES string of the molecule is CCN(Cc1ccccc1C#N)C(=O)c1ccc(Cl)nn1. The van der Waals surface area contributed by atoms with E-state index >= 15 is 0 Å². The standard InChI is InChI=1S/C15H13ClN4O/c1-2-20(10-12-6-4-3-5-11(12)9-17)15(21)13-7-8-14(16)19-18-13/h3-8H,2,10H2,1H3. The van der Waals surface area contributed by atoms with Gasteiger partial charge in [0.2, 0.25) is 0 Å². The van der Waals surface area contributed by atoms with Crippen LogP contribution in [0.2, 0.25) is 5.15 Å². The molecule has 6 heteroatoms. The maximum atomic E-state index is 12.4. The number of nitriles is 1. The average molecular weight is 301 g/mol. The van der Waals surface area contributed by atoms with Crippen molar-refractivity contribution in [2.75, 3.05) is 6.54 Å². The molecule has 106 valence electrons. The molecule has 0 radical (unpaired) electrons. The molecule has 0 aliphatic heterocycles. The van der Waals surface area contributed by atoms with Gasteiger partial charge in [0, 0.05) is 13.1 Å². The number of amides is 1. The fourth-order valence-corrected chi connectivity index (χ4v) is 1.99. The Labute approximate surface area is 127 Å². The van der Waals surface area contributed by atoms with E-state index < -0.39 is 0 Å². The zero-order valence-electron chi connectivity index (χ0n) is 11.5. The lowest BCUT2D eigenvalue weighted by molar-refractivity contribution is 0.0745. The van der Waals surface area contributed by atoms with E-state index in [4.69, 9.17) is 16.9 Å². The second-order valence-corrected chi connectivity index (χ2v) is 4.72. The normalized spacial score (nSPS) is 9.95. The molecule has 1 heterocycles. The summed E-state index contributed by atoms with van der Waals surface area (Å²) in [6.45, 7) is 2.72. The van der Waals surface area contributed by atoms with Crippen molar-refractivity contribution >= 4 is 17.5 Å². The van der Waals surface area contributed by atoms with Gasteiger partial charge in [-0.3, -0.25) is 4.79 Å². The molecule has 1 amide bonds. The third-order valence-corrected chi connectivity index (χ3v) is 3.22. The Morgan fingerprint density at radius 1 is 1.29 bits per heavy atom. The molecule has 0 aliphatic carbocycles. The Morgan fingerprint density at radius 3 is 2.67 bits per heavy atom. The van der Waals surface area contributed by atoms with E-state index in [1.165, 1.54) is 12.1 Å². The van der Waals surface area contributed by atoms with Crippen LogP contribution in [0.1, 0.15) is 28.5 Å². The summed E-state index contributed by atoms with van der Waals surface area (Å²) < 4.78 is 0. The highest BCUT2D eigenvalue weighted by molar-refractivity contribution is 6.29. The van der Waals surface area contributed by atoms with Crippen molar-refractivity contribution in [1.29, 1.82) is 5.26 Å². The molecule has 0 spiro atoms. The first-order valence-corrected chi connectivity index (χ1v) is 6.80. The third kappa shape index (κ3) is 3.56. The molecule has 5 nitrogen and oxygen atoms in total. The van der Waals surface area contributed by atoms with E-state index in [2.05, 4.69) is 16.3 Å². The summed E-state index contributed by atoms with van der Waals surface area (Å²) >= 11 is 5.66. The van der Waals surface area contributed by atoms with E-state index in [9.17, 15) is 4.79 Å². The van der Waals surface area contributed by atoms with Gasteiger partial charge in [0.15, 0.2) is 10.8 Å². The highest BCUT2D eigenvalue weighted by Crippen LogP contribution is 2.13. The molecular formula is C15H13ClN4O. The highest BCUT2D eigenvalue weighted by atomic mass is 35.5. The van der Waals surface area contributed by atoms with Crippen molar-refractivity contribution in [2.24, 2.45) is 0 Å². The van der Waals surface area contributed by atoms with Gasteiger partial charge in [0.05, 0.1) is 11.6 Å². The van der Waals surface area contributed by atoms with Crippen molar-refractivity contribution in [2.45, 2.75) is 13.5 Å². The lowest BCUT2D eigenvalue weighted by atomic mass is 10.1. The first kappa shape index (κ1) is 14.9. The Hall–Kier alpha value is -2.45. The van der Waals surface area contributed by atoms with E-state index in [0.717, 1.165) is 5.56 Å². The summed E-state index contributed by atoms with van der Waals surface area (Å²) in [4.78, 5) is 14.0. The van der Waals surface area contributed by atoms with Gasteiger partial charge in [-0.2, -0.15) is 5.26 Å². The van der Waals surface area contributed by atoms with Crippen LogP contribution in [-0.2, 0) is 6.54 Å². The Balaban J connectivity index is 2.22. The summed E-state index contributed by atoms with van der Waals surface area (Å²) in [7, 11) is 0. The van der Waals surface area contributed by atoms with Gasteiger partial charge < -0.3 is 4.90 Å². The number of halogens is 1. The van der Waals surface area contributed by atoms with Gasteiger partial charge in [-0.05, 0) is 30.7 Å². The molecule has 0 saturated heterocycles. The van der Waals surface area contributed by atoms with Crippen molar-refractivity contribution in [1.82, 2.24) is 15.1 Å². The molecular weight excluding hydrogens is 288 g/mol. The monoisotopic (exact) mass is 300 g/mol. The third-order valence-electron chi connectivity index (χ3n) is 3.02. The summed E-state index contributed by atoms with van der Waals surface area (Å²) in [6.07, 6.45) is 0. The minimum Gasteiger partial charge on any atom is -0.333 e. The smallest absolute Gasteiger partial charge is 0.274 e. The molecule has 0 unspecified atom stereocenters. The fraction of sp³-hybridized carbons (Fsp3) is 0.200. The van der Waals surface area contributed by atoms with E-state index in [0.29, 0.717) is 18.7 Å². The number of aromatic nitrogens is 2. The van der Waals surface area contributed by atoms with Gasteiger partial charge in [0.25, 0.3) is 5.91 Å². The van der Waals surface area contributed by atoms with Crippen LogP contribution in [0.4, 0.5) is 0 Å². The number of hydrogen-bond acceptors (Lipinski definition) is 4. The van der Waals surface area contributed by atoms with Crippen LogP contribution in [0.5, 0.6) is 0 Å². The van der Waals surface area contributed by atoms with E-state index in [-0.39, 0.29) is 16.8 Å². The first-order chi connectivity index (χ1) is 10.2. The topological polar surface area (TPSA) is 69.9 Å². The van der Waals surface area contributed by atoms with Gasteiger partial charge in [-0.15, -0.1) is 10.2 Å². The fourth-order valence-electron chi connectivity index (χ4n) is 1.89. The maximum Gasteiger partial charge on any atom is 0.274 e. The molecule has 0 bridgehead atoms. The largest absolute Gasteiger partial charge is 0.333 e. The van der Waals surface area contributed by atoms with Crippen LogP contribution in [-0.4, -0.2) is 27.5 Å². The molecule has 0 atom stereocenters. The second kappa shape index (κ2) is 6.82.